The van der Waals surface area contributed by atoms with Crippen molar-refractivity contribution in [1.82, 2.24) is 0 Å². The largest absolute Gasteiger partial charge is 0.398 e. The molecule has 3 nitrogen and oxygen atoms in total. The average Bonchev–Trinajstić information content (AvgIpc) is 2.13. The average molecular weight is 205 g/mol. The highest BCUT2D eigenvalue weighted by Gasteiger charge is 2.33. The van der Waals surface area contributed by atoms with Crippen molar-refractivity contribution in [3.63, 3.8) is 0 Å². The van der Waals surface area contributed by atoms with Crippen LogP contribution in [-0.4, -0.2) is 28.8 Å². The van der Waals surface area contributed by atoms with Crippen LogP contribution in [0.1, 0.15) is 20.3 Å². The lowest BCUT2D eigenvalue weighted by Gasteiger charge is -2.29. The molecular formula is C9H23NO2Si. The van der Waals surface area contributed by atoms with Gasteiger partial charge in [-0.1, -0.05) is 13.3 Å². The summed E-state index contributed by atoms with van der Waals surface area (Å²) in [7, 11) is 1.53. The maximum Gasteiger partial charge on any atom is 0.334 e. The monoisotopic (exact) mass is 205 g/mol. The lowest BCUT2D eigenvalue weighted by atomic mass is 10.0. The van der Waals surface area contributed by atoms with Crippen LogP contribution in [0.5, 0.6) is 0 Å². The second-order valence-corrected chi connectivity index (χ2v) is 7.27. The first-order chi connectivity index (χ1) is 5.99. The number of hydrogen-bond acceptors (Lipinski definition) is 3. The summed E-state index contributed by atoms with van der Waals surface area (Å²) < 4.78 is 10.9. The molecule has 4 heteroatoms. The molecular weight excluding hydrogens is 182 g/mol. The molecule has 2 unspecified atom stereocenters. The van der Waals surface area contributed by atoms with Crippen LogP contribution in [0.15, 0.2) is 0 Å². The molecule has 0 radical (unpaired) electrons. The summed E-state index contributed by atoms with van der Waals surface area (Å²) in [5, 5.41) is 0. The van der Waals surface area contributed by atoms with Crippen molar-refractivity contribution in [3.05, 3.63) is 0 Å². The van der Waals surface area contributed by atoms with Gasteiger partial charge in [-0.2, -0.15) is 0 Å². The first-order valence-electron chi connectivity index (χ1n) is 4.85. The second kappa shape index (κ2) is 5.75. The van der Waals surface area contributed by atoms with Crippen molar-refractivity contribution in [2.24, 2.45) is 11.7 Å². The van der Waals surface area contributed by atoms with Gasteiger partial charge in [0.05, 0.1) is 0 Å². The van der Waals surface area contributed by atoms with Crippen molar-refractivity contribution in [2.75, 3.05) is 14.2 Å². The van der Waals surface area contributed by atoms with Crippen molar-refractivity contribution < 1.29 is 8.85 Å². The molecule has 0 aliphatic carbocycles. The van der Waals surface area contributed by atoms with Gasteiger partial charge >= 0.3 is 8.56 Å². The van der Waals surface area contributed by atoms with Crippen LogP contribution in [0.4, 0.5) is 0 Å². The Morgan fingerprint density at radius 3 is 2.00 bits per heavy atom. The van der Waals surface area contributed by atoms with E-state index in [4.69, 9.17) is 14.6 Å². The molecule has 0 bridgehead atoms. The van der Waals surface area contributed by atoms with Gasteiger partial charge < -0.3 is 14.6 Å². The van der Waals surface area contributed by atoms with E-state index in [0.717, 1.165) is 12.5 Å². The van der Waals surface area contributed by atoms with Crippen LogP contribution in [0, 0.1) is 5.92 Å². The van der Waals surface area contributed by atoms with Crippen LogP contribution in [-0.2, 0) is 8.85 Å². The summed E-state index contributed by atoms with van der Waals surface area (Å²) >= 11 is 0. The molecule has 80 valence electrons. The topological polar surface area (TPSA) is 44.5 Å². The smallest absolute Gasteiger partial charge is 0.334 e. The Balaban J connectivity index is 4.19. The highest BCUT2D eigenvalue weighted by Crippen LogP contribution is 2.22. The van der Waals surface area contributed by atoms with Crippen LogP contribution < -0.4 is 5.73 Å². The predicted molar refractivity (Wildman–Crippen MR) is 57.9 cm³/mol. The quantitative estimate of drug-likeness (QED) is 0.672. The normalized spacial score (nSPS) is 17.1. The Morgan fingerprint density at radius 2 is 1.77 bits per heavy atom. The maximum atomic E-state index is 5.87. The molecule has 0 spiro atoms. The Bertz CT molecular complexity index is 138. The molecule has 2 atom stereocenters. The van der Waals surface area contributed by atoms with Crippen LogP contribution in [0.3, 0.4) is 0 Å². The van der Waals surface area contributed by atoms with E-state index >= 15 is 0 Å². The van der Waals surface area contributed by atoms with Crippen molar-refractivity contribution in [2.45, 2.75) is 38.9 Å². The van der Waals surface area contributed by atoms with Gasteiger partial charge in [-0.15, -0.1) is 0 Å². The molecule has 0 aromatic rings. The minimum Gasteiger partial charge on any atom is -0.398 e. The molecule has 0 rings (SSSR count). The fourth-order valence-electron chi connectivity index (χ4n) is 1.43. The number of rotatable bonds is 6. The fourth-order valence-corrected chi connectivity index (χ4v) is 3.54. The lowest BCUT2D eigenvalue weighted by molar-refractivity contribution is 0.237. The fraction of sp³-hybridized carbons (Fsp3) is 1.00. The Labute approximate surface area is 82.9 Å². The second-order valence-electron chi connectivity index (χ2n) is 3.77. The van der Waals surface area contributed by atoms with E-state index in [-0.39, 0.29) is 6.04 Å². The van der Waals surface area contributed by atoms with Crippen LogP contribution in [0.25, 0.3) is 0 Å². The van der Waals surface area contributed by atoms with Gasteiger partial charge in [0.2, 0.25) is 0 Å². The zero-order valence-electron chi connectivity index (χ0n) is 9.46. The van der Waals surface area contributed by atoms with Gasteiger partial charge in [0.25, 0.3) is 0 Å². The maximum absolute atomic E-state index is 5.87. The summed E-state index contributed by atoms with van der Waals surface area (Å²) in [6.07, 6.45) is 1.09. The zero-order valence-corrected chi connectivity index (χ0v) is 10.5. The predicted octanol–water partition coefficient (Wildman–Crippen LogP) is 1.72. The number of nitrogens with two attached hydrogens (primary N) is 1. The number of hydrogen-bond donors (Lipinski definition) is 1. The van der Waals surface area contributed by atoms with Gasteiger partial charge in [-0.25, -0.2) is 0 Å². The Kier molecular flexibility index (Phi) is 5.79. The Morgan fingerprint density at radius 1 is 1.31 bits per heavy atom. The standard InChI is InChI=1S/C9H23NO2Si/c1-6-9(8(2)10)7-13(5,11-3)12-4/h8-9H,6-7,10H2,1-5H3. The lowest BCUT2D eigenvalue weighted by Crippen LogP contribution is -2.41. The summed E-state index contributed by atoms with van der Waals surface area (Å²) in [5.74, 6) is 0.511. The van der Waals surface area contributed by atoms with Gasteiger partial charge in [0, 0.05) is 20.3 Å². The van der Waals surface area contributed by atoms with Gasteiger partial charge in [0.15, 0.2) is 0 Å². The molecule has 0 amide bonds. The minimum atomic E-state index is -1.92. The van der Waals surface area contributed by atoms with E-state index in [1.54, 1.807) is 14.2 Å². The summed E-state index contributed by atoms with van der Waals surface area (Å²) in [6, 6.07) is 1.20. The highest BCUT2D eigenvalue weighted by atomic mass is 28.4. The molecule has 0 aliphatic heterocycles. The Hall–Kier alpha value is 0.0969. The van der Waals surface area contributed by atoms with Crippen molar-refractivity contribution >= 4 is 8.56 Å². The van der Waals surface area contributed by atoms with Crippen molar-refractivity contribution in [1.29, 1.82) is 0 Å². The van der Waals surface area contributed by atoms with Gasteiger partial charge in [-0.3, -0.25) is 0 Å². The first-order valence-corrected chi connectivity index (χ1v) is 7.37. The van der Waals surface area contributed by atoms with E-state index in [0.29, 0.717) is 5.92 Å². The summed E-state index contributed by atoms with van der Waals surface area (Å²) in [4.78, 5) is 0. The van der Waals surface area contributed by atoms with E-state index < -0.39 is 8.56 Å². The zero-order chi connectivity index (χ0) is 10.5. The van der Waals surface area contributed by atoms with E-state index in [2.05, 4.69) is 13.5 Å². The molecule has 0 aliphatic rings. The van der Waals surface area contributed by atoms with E-state index in [9.17, 15) is 0 Å². The molecule has 0 aromatic heterocycles. The molecule has 0 aromatic carbocycles. The van der Waals surface area contributed by atoms with E-state index in [1.807, 2.05) is 6.92 Å². The third-order valence-electron chi connectivity index (χ3n) is 2.76. The van der Waals surface area contributed by atoms with Crippen LogP contribution in [0.2, 0.25) is 12.6 Å². The summed E-state index contributed by atoms with van der Waals surface area (Å²) in [6.45, 7) is 6.29. The molecule has 0 heterocycles. The van der Waals surface area contributed by atoms with E-state index in [1.165, 1.54) is 0 Å². The molecule has 2 N–H and O–H groups in total. The molecule has 0 fully saturated rings. The van der Waals surface area contributed by atoms with Gasteiger partial charge in [0.1, 0.15) is 0 Å². The van der Waals surface area contributed by atoms with Crippen LogP contribution >= 0.6 is 0 Å². The third-order valence-corrected chi connectivity index (χ3v) is 5.76. The molecule has 0 saturated heterocycles. The minimum absolute atomic E-state index is 0.224. The molecule has 13 heavy (non-hydrogen) atoms. The molecule has 0 saturated carbocycles. The highest BCUT2D eigenvalue weighted by molar-refractivity contribution is 6.66. The first kappa shape index (κ1) is 13.1. The third kappa shape index (κ3) is 4.22. The SMILES string of the molecule is CCC(C[Si](C)(OC)OC)C(C)N. The van der Waals surface area contributed by atoms with Crippen molar-refractivity contribution in [3.8, 4) is 0 Å². The summed E-state index contributed by atoms with van der Waals surface area (Å²) in [5.41, 5.74) is 5.87. The van der Waals surface area contributed by atoms with Gasteiger partial charge in [-0.05, 0) is 25.4 Å².